The van der Waals surface area contributed by atoms with E-state index < -0.39 is 0 Å². The van der Waals surface area contributed by atoms with Crippen molar-refractivity contribution in [3.05, 3.63) is 113 Å². The molecule has 32 heavy (non-hydrogen) atoms. The number of hydrogen-bond acceptors (Lipinski definition) is 1. The smallest absolute Gasteiger partial charge is 0.134 e. The van der Waals surface area contributed by atoms with Gasteiger partial charge in [0.05, 0.1) is 6.61 Å². The first-order chi connectivity index (χ1) is 15.6. The zero-order valence-corrected chi connectivity index (χ0v) is 18.4. The van der Waals surface area contributed by atoms with Crippen LogP contribution in [0.3, 0.4) is 0 Å². The molecule has 0 aliphatic rings. The molecule has 3 heteroatoms. The van der Waals surface area contributed by atoms with Gasteiger partial charge >= 0.3 is 0 Å². The molecule has 0 radical (unpaired) electrons. The molecule has 4 rings (SSSR count). The van der Waals surface area contributed by atoms with Gasteiger partial charge in [-0.25, -0.2) is 8.78 Å². The van der Waals surface area contributed by atoms with Crippen molar-refractivity contribution in [1.29, 1.82) is 0 Å². The van der Waals surface area contributed by atoms with Crippen LogP contribution in [-0.4, -0.2) is 6.61 Å². The number of halogens is 2. The lowest BCUT2D eigenvalue weighted by Gasteiger charge is -2.10. The van der Waals surface area contributed by atoms with Crippen LogP contribution in [0.4, 0.5) is 8.78 Å². The molecule has 0 aliphatic heterocycles. The van der Waals surface area contributed by atoms with Gasteiger partial charge in [-0.3, -0.25) is 0 Å². The summed E-state index contributed by atoms with van der Waals surface area (Å²) in [6, 6.07) is 24.5. The van der Waals surface area contributed by atoms with E-state index in [2.05, 4.69) is 25.1 Å². The van der Waals surface area contributed by atoms with E-state index in [0.717, 1.165) is 42.6 Å². The Morgan fingerprint density at radius 1 is 0.656 bits per heavy atom. The Hall–Kier alpha value is -3.20. The fourth-order valence-electron chi connectivity index (χ4n) is 3.93. The molecule has 4 aromatic carbocycles. The van der Waals surface area contributed by atoms with E-state index in [-0.39, 0.29) is 11.6 Å². The van der Waals surface area contributed by atoms with Gasteiger partial charge in [-0.15, -0.1) is 0 Å². The highest BCUT2D eigenvalue weighted by Crippen LogP contribution is 2.24. The van der Waals surface area contributed by atoms with E-state index in [0.29, 0.717) is 23.8 Å². The predicted molar refractivity (Wildman–Crippen MR) is 127 cm³/mol. The summed E-state index contributed by atoms with van der Waals surface area (Å²) >= 11 is 0. The van der Waals surface area contributed by atoms with Gasteiger partial charge in [0.1, 0.15) is 17.4 Å². The van der Waals surface area contributed by atoms with Crippen LogP contribution in [0, 0.1) is 11.6 Å². The zero-order chi connectivity index (χ0) is 22.3. The van der Waals surface area contributed by atoms with Gasteiger partial charge in [-0.05, 0) is 84.0 Å². The molecule has 0 saturated heterocycles. The van der Waals surface area contributed by atoms with Crippen LogP contribution in [0.2, 0.25) is 0 Å². The maximum absolute atomic E-state index is 15.1. The van der Waals surface area contributed by atoms with Gasteiger partial charge in [0, 0.05) is 5.39 Å². The first kappa shape index (κ1) is 22.0. The molecular weight excluding hydrogens is 402 g/mol. The molecule has 0 heterocycles. The Balaban J connectivity index is 1.40. The van der Waals surface area contributed by atoms with Gasteiger partial charge < -0.3 is 4.74 Å². The van der Waals surface area contributed by atoms with Crippen LogP contribution >= 0.6 is 0 Å². The Labute approximate surface area is 188 Å². The molecule has 0 aromatic heterocycles. The van der Waals surface area contributed by atoms with Crippen molar-refractivity contribution < 1.29 is 13.5 Å². The lowest BCUT2D eigenvalue weighted by Crippen LogP contribution is -1.97. The van der Waals surface area contributed by atoms with Crippen molar-refractivity contribution in [3.8, 4) is 5.75 Å². The third-order valence-corrected chi connectivity index (χ3v) is 5.79. The predicted octanol–water partition coefficient (Wildman–Crippen LogP) is 7.48. The van der Waals surface area contributed by atoms with Crippen LogP contribution in [0.5, 0.6) is 5.75 Å². The third-order valence-electron chi connectivity index (χ3n) is 5.79. The summed E-state index contributed by atoms with van der Waals surface area (Å²) < 4.78 is 33.8. The minimum absolute atomic E-state index is 0.154. The molecular formula is C29H28F2O. The summed E-state index contributed by atoms with van der Waals surface area (Å²) in [7, 11) is 0. The highest BCUT2D eigenvalue weighted by Gasteiger charge is 2.09. The highest BCUT2D eigenvalue weighted by atomic mass is 19.1. The minimum atomic E-state index is -0.251. The topological polar surface area (TPSA) is 9.23 Å². The first-order valence-electron chi connectivity index (χ1n) is 11.3. The Morgan fingerprint density at radius 3 is 2.00 bits per heavy atom. The monoisotopic (exact) mass is 430 g/mol. The molecule has 4 aromatic rings. The van der Waals surface area contributed by atoms with Gasteiger partial charge in [0.2, 0.25) is 0 Å². The number of hydrogen-bond donors (Lipinski definition) is 0. The van der Waals surface area contributed by atoms with Crippen LogP contribution < -0.4 is 4.74 Å². The third kappa shape index (κ3) is 5.53. The zero-order valence-electron chi connectivity index (χ0n) is 18.4. The Morgan fingerprint density at radius 2 is 1.28 bits per heavy atom. The van der Waals surface area contributed by atoms with Crippen molar-refractivity contribution in [2.75, 3.05) is 6.61 Å². The van der Waals surface area contributed by atoms with E-state index in [9.17, 15) is 4.39 Å². The molecule has 164 valence electrons. The molecule has 0 saturated carbocycles. The molecule has 0 N–H and O–H groups in total. The summed E-state index contributed by atoms with van der Waals surface area (Å²) in [6.45, 7) is 2.83. The molecule has 0 fully saturated rings. The second-order valence-corrected chi connectivity index (χ2v) is 8.21. The van der Waals surface area contributed by atoms with E-state index in [1.54, 1.807) is 12.1 Å². The fraction of sp³-hybridized carbons (Fsp3) is 0.241. The Bertz CT molecular complexity index is 1160. The standard InChI is InChI=1S/C29H28F2O/c1-2-19-32-27-16-8-21(9-17-27)3-4-23-10-18-28-25(20-23)13-12-24(29(28)31)11-5-22-6-14-26(30)15-7-22/h6-10,12-18,20H,2-5,11,19H2,1H3. The first-order valence-corrected chi connectivity index (χ1v) is 11.3. The summed E-state index contributed by atoms with van der Waals surface area (Å²) in [5.41, 5.74) is 4.16. The molecule has 1 nitrogen and oxygen atoms in total. The van der Waals surface area contributed by atoms with Crippen molar-refractivity contribution in [3.63, 3.8) is 0 Å². The molecule has 0 bridgehead atoms. The van der Waals surface area contributed by atoms with Crippen molar-refractivity contribution in [1.82, 2.24) is 0 Å². The SMILES string of the molecule is CCCOc1ccc(CCc2ccc3c(F)c(CCc4ccc(F)cc4)ccc3c2)cc1. The number of aryl methyl sites for hydroxylation is 4. The highest BCUT2D eigenvalue weighted by molar-refractivity contribution is 5.84. The average molecular weight is 431 g/mol. The maximum atomic E-state index is 15.1. The minimum Gasteiger partial charge on any atom is -0.494 e. The van der Waals surface area contributed by atoms with Gasteiger partial charge in [0.15, 0.2) is 0 Å². The van der Waals surface area contributed by atoms with E-state index in [1.165, 1.54) is 23.3 Å². The molecule has 0 aliphatic carbocycles. The number of ether oxygens (including phenoxy) is 1. The maximum Gasteiger partial charge on any atom is 0.134 e. The van der Waals surface area contributed by atoms with Gasteiger partial charge in [0.25, 0.3) is 0 Å². The second-order valence-electron chi connectivity index (χ2n) is 8.21. The van der Waals surface area contributed by atoms with Crippen molar-refractivity contribution in [2.24, 2.45) is 0 Å². The van der Waals surface area contributed by atoms with E-state index in [4.69, 9.17) is 4.74 Å². The molecule has 0 amide bonds. The molecule has 0 spiro atoms. The lowest BCUT2D eigenvalue weighted by molar-refractivity contribution is 0.317. The van der Waals surface area contributed by atoms with E-state index >= 15 is 4.39 Å². The number of fused-ring (bicyclic) bond motifs is 1. The molecule has 0 atom stereocenters. The number of rotatable bonds is 9. The van der Waals surface area contributed by atoms with Crippen molar-refractivity contribution in [2.45, 2.75) is 39.0 Å². The summed E-state index contributed by atoms with van der Waals surface area (Å²) in [4.78, 5) is 0. The summed E-state index contributed by atoms with van der Waals surface area (Å²) in [5, 5.41) is 1.58. The summed E-state index contributed by atoms with van der Waals surface area (Å²) in [5.74, 6) is 0.505. The summed E-state index contributed by atoms with van der Waals surface area (Å²) in [6.07, 6.45) is 4.10. The fourth-order valence-corrected chi connectivity index (χ4v) is 3.93. The quantitative estimate of drug-likeness (QED) is 0.267. The van der Waals surface area contributed by atoms with Crippen LogP contribution in [0.1, 0.15) is 35.6 Å². The van der Waals surface area contributed by atoms with Crippen molar-refractivity contribution >= 4 is 10.8 Å². The normalized spacial score (nSPS) is 11.1. The lowest BCUT2D eigenvalue weighted by atomic mass is 9.97. The van der Waals surface area contributed by atoms with Gasteiger partial charge in [-0.1, -0.05) is 61.5 Å². The second kappa shape index (κ2) is 10.4. The number of benzene rings is 4. The average Bonchev–Trinajstić information content (AvgIpc) is 2.82. The molecule has 0 unspecified atom stereocenters. The van der Waals surface area contributed by atoms with Gasteiger partial charge in [-0.2, -0.15) is 0 Å². The van der Waals surface area contributed by atoms with Crippen LogP contribution in [0.15, 0.2) is 78.9 Å². The van der Waals surface area contributed by atoms with Crippen LogP contribution in [0.25, 0.3) is 10.8 Å². The van der Waals surface area contributed by atoms with Crippen LogP contribution in [-0.2, 0) is 25.7 Å². The van der Waals surface area contributed by atoms with E-state index in [1.807, 2.05) is 36.4 Å². The largest absolute Gasteiger partial charge is 0.494 e. The Kier molecular flexibility index (Phi) is 7.16.